The van der Waals surface area contributed by atoms with Crippen molar-refractivity contribution in [1.29, 1.82) is 0 Å². The molecule has 1 aromatic carbocycles. The number of pyridine rings is 2. The van der Waals surface area contributed by atoms with E-state index in [0.717, 1.165) is 40.6 Å². The van der Waals surface area contributed by atoms with Gasteiger partial charge in [-0.25, -0.2) is 9.37 Å². The van der Waals surface area contributed by atoms with Crippen molar-refractivity contribution >= 4 is 16.9 Å². The van der Waals surface area contributed by atoms with E-state index in [1.54, 1.807) is 34.3 Å². The summed E-state index contributed by atoms with van der Waals surface area (Å²) < 4.78 is 15.3. The van der Waals surface area contributed by atoms with E-state index in [9.17, 15) is 4.39 Å². The van der Waals surface area contributed by atoms with Gasteiger partial charge < -0.3 is 11.5 Å². The van der Waals surface area contributed by atoms with Crippen LogP contribution in [0.4, 0.5) is 10.2 Å². The molecule has 1 unspecified atom stereocenters. The predicted octanol–water partition coefficient (Wildman–Crippen LogP) is 3.13. The lowest BCUT2D eigenvalue weighted by Crippen LogP contribution is -2.45. The number of fused-ring (bicyclic) bond motifs is 1. The van der Waals surface area contributed by atoms with Crippen LogP contribution in [0.1, 0.15) is 12.8 Å². The molecule has 5 rings (SSSR count). The van der Waals surface area contributed by atoms with E-state index in [1.807, 2.05) is 24.3 Å². The second-order valence-corrected chi connectivity index (χ2v) is 7.64. The summed E-state index contributed by atoms with van der Waals surface area (Å²) in [5.74, 6) is 0.408. The molecule has 3 aromatic heterocycles. The summed E-state index contributed by atoms with van der Waals surface area (Å²) in [5.41, 5.74) is 16.2. The van der Waals surface area contributed by atoms with Gasteiger partial charge >= 0.3 is 0 Å². The standard InChI is InChI=1S/C23H23FN6O/c24-17-5-3-16(4-6-17)22-21(15-9-12-27-13-10-15)19-7-8-20-28-23(19)30(22)31-29(20)14-18(26)2-1-11-25/h3-10,12-13,18H,1-2,11,14,25-26H2. The second kappa shape index (κ2) is 7.98. The normalized spacial score (nSPS) is 13.6. The van der Waals surface area contributed by atoms with Crippen molar-refractivity contribution in [1.82, 2.24) is 14.7 Å². The molecule has 8 heteroatoms. The number of nitrogens with two attached hydrogens (primary N) is 2. The molecule has 7 nitrogen and oxygen atoms in total. The van der Waals surface area contributed by atoms with Gasteiger partial charge in [0.15, 0.2) is 11.5 Å². The third-order valence-electron chi connectivity index (χ3n) is 5.46. The van der Waals surface area contributed by atoms with Gasteiger partial charge in [0, 0.05) is 34.9 Å². The van der Waals surface area contributed by atoms with E-state index in [2.05, 4.69) is 4.98 Å². The van der Waals surface area contributed by atoms with E-state index < -0.39 is 0 Å². The molecular formula is C23H23FN6O. The molecule has 0 amide bonds. The monoisotopic (exact) mass is 418 g/mol. The maximum atomic E-state index is 13.6. The quantitative estimate of drug-likeness (QED) is 0.479. The minimum Gasteiger partial charge on any atom is -0.330 e. The van der Waals surface area contributed by atoms with E-state index in [-0.39, 0.29) is 11.9 Å². The SMILES string of the molecule is NCCCC(N)CN1On2c(-c3ccc(F)cc3)c(-c3ccncc3)c3ccc1nc32. The summed E-state index contributed by atoms with van der Waals surface area (Å²) in [6.07, 6.45) is 5.14. The largest absolute Gasteiger partial charge is 0.330 e. The molecule has 4 N–H and O–H groups in total. The first kappa shape index (κ1) is 19.5. The molecule has 4 heterocycles. The molecule has 4 aromatic rings. The number of hydrogen-bond donors (Lipinski definition) is 2. The fraction of sp³-hybridized carbons (Fsp3) is 0.217. The molecule has 0 radical (unpaired) electrons. The van der Waals surface area contributed by atoms with Gasteiger partial charge in [0.1, 0.15) is 11.5 Å². The number of halogens is 1. The Morgan fingerprint density at radius 2 is 1.77 bits per heavy atom. The number of anilines is 1. The topological polar surface area (TPSA) is 95.2 Å². The average Bonchev–Trinajstić information content (AvgIpc) is 3.15. The summed E-state index contributed by atoms with van der Waals surface area (Å²) in [7, 11) is 0. The second-order valence-electron chi connectivity index (χ2n) is 7.64. The summed E-state index contributed by atoms with van der Waals surface area (Å²) in [4.78, 5) is 15.2. The van der Waals surface area contributed by atoms with Crippen LogP contribution >= 0.6 is 0 Å². The first-order chi connectivity index (χ1) is 15.2. The number of aromatic nitrogens is 3. The van der Waals surface area contributed by atoms with E-state index >= 15 is 0 Å². The van der Waals surface area contributed by atoms with Gasteiger partial charge in [0.05, 0.1) is 6.54 Å². The smallest absolute Gasteiger partial charge is 0.182 e. The zero-order valence-corrected chi connectivity index (χ0v) is 16.9. The third kappa shape index (κ3) is 3.49. The van der Waals surface area contributed by atoms with Crippen LogP contribution in [-0.4, -0.2) is 33.8 Å². The number of hydrogen-bond acceptors (Lipinski definition) is 6. The molecule has 0 fully saturated rings. The Hall–Kier alpha value is -3.49. The molecule has 0 aliphatic carbocycles. The summed E-state index contributed by atoms with van der Waals surface area (Å²) in [6, 6.07) is 14.1. The zero-order valence-electron chi connectivity index (χ0n) is 16.9. The van der Waals surface area contributed by atoms with Crippen LogP contribution in [-0.2, 0) is 0 Å². The third-order valence-corrected chi connectivity index (χ3v) is 5.46. The van der Waals surface area contributed by atoms with Crippen LogP contribution in [0, 0.1) is 5.82 Å². The van der Waals surface area contributed by atoms with E-state index in [4.69, 9.17) is 21.4 Å². The van der Waals surface area contributed by atoms with Crippen molar-refractivity contribution < 1.29 is 9.33 Å². The Morgan fingerprint density at radius 3 is 2.52 bits per heavy atom. The van der Waals surface area contributed by atoms with Crippen molar-refractivity contribution in [2.45, 2.75) is 18.9 Å². The maximum absolute atomic E-state index is 13.6. The van der Waals surface area contributed by atoms with Gasteiger partial charge in [0.25, 0.3) is 0 Å². The molecule has 2 bridgehead atoms. The summed E-state index contributed by atoms with van der Waals surface area (Å²) >= 11 is 0. The van der Waals surface area contributed by atoms with Crippen molar-refractivity contribution in [3.05, 3.63) is 66.7 Å². The van der Waals surface area contributed by atoms with Gasteiger partial charge in [-0.3, -0.25) is 9.92 Å². The fourth-order valence-electron chi connectivity index (χ4n) is 3.97. The van der Waals surface area contributed by atoms with Crippen LogP contribution < -0.4 is 21.5 Å². The minimum atomic E-state index is -0.294. The molecule has 0 spiro atoms. The molecule has 0 saturated carbocycles. The summed E-state index contributed by atoms with van der Waals surface area (Å²) in [6.45, 7) is 1.08. The number of nitrogens with zero attached hydrogens (tertiary/aromatic N) is 4. The van der Waals surface area contributed by atoms with E-state index in [0.29, 0.717) is 24.6 Å². The van der Waals surface area contributed by atoms with E-state index in [1.165, 1.54) is 12.1 Å². The Labute approximate surface area is 179 Å². The fourth-order valence-corrected chi connectivity index (χ4v) is 3.97. The predicted molar refractivity (Wildman–Crippen MR) is 119 cm³/mol. The molecule has 1 atom stereocenters. The molecule has 31 heavy (non-hydrogen) atoms. The van der Waals surface area contributed by atoms with Crippen LogP contribution in [0.5, 0.6) is 0 Å². The lowest BCUT2D eigenvalue weighted by atomic mass is 10.00. The highest BCUT2D eigenvalue weighted by Gasteiger charge is 2.29. The molecule has 0 saturated heterocycles. The van der Waals surface area contributed by atoms with Crippen LogP contribution in [0.25, 0.3) is 33.4 Å². The molecular weight excluding hydrogens is 395 g/mol. The van der Waals surface area contributed by atoms with Crippen LogP contribution in [0.3, 0.4) is 0 Å². The highest BCUT2D eigenvalue weighted by Crippen LogP contribution is 2.41. The van der Waals surface area contributed by atoms with Crippen molar-refractivity contribution in [3.63, 3.8) is 0 Å². The van der Waals surface area contributed by atoms with Crippen molar-refractivity contribution in [2.75, 3.05) is 18.2 Å². The highest BCUT2D eigenvalue weighted by molar-refractivity contribution is 6.03. The lowest BCUT2D eigenvalue weighted by Gasteiger charge is -2.29. The number of rotatable bonds is 7. The Balaban J connectivity index is 1.65. The number of benzene rings is 1. The molecule has 158 valence electrons. The Bertz CT molecular complexity index is 1210. The van der Waals surface area contributed by atoms with Crippen molar-refractivity contribution in [3.8, 4) is 22.4 Å². The first-order valence-electron chi connectivity index (χ1n) is 10.3. The zero-order chi connectivity index (χ0) is 21.4. The van der Waals surface area contributed by atoms with Gasteiger partial charge in [-0.15, -0.1) is 4.73 Å². The minimum absolute atomic E-state index is 0.105. The van der Waals surface area contributed by atoms with Gasteiger partial charge in [-0.2, -0.15) is 5.06 Å². The van der Waals surface area contributed by atoms with Crippen molar-refractivity contribution in [2.24, 2.45) is 11.5 Å². The Kier molecular flexibility index (Phi) is 5.01. The van der Waals surface area contributed by atoms with Gasteiger partial charge in [-0.1, -0.05) is 0 Å². The van der Waals surface area contributed by atoms with Gasteiger partial charge in [-0.05, 0) is 73.5 Å². The molecule has 1 aliphatic heterocycles. The van der Waals surface area contributed by atoms with Crippen LogP contribution in [0.2, 0.25) is 0 Å². The van der Waals surface area contributed by atoms with Crippen LogP contribution in [0.15, 0.2) is 60.9 Å². The maximum Gasteiger partial charge on any atom is 0.182 e. The highest BCUT2D eigenvalue weighted by atomic mass is 19.1. The molecule has 1 aliphatic rings. The average molecular weight is 418 g/mol. The summed E-state index contributed by atoms with van der Waals surface area (Å²) in [5, 5.41) is 2.65. The first-order valence-corrected chi connectivity index (χ1v) is 10.3. The lowest BCUT2D eigenvalue weighted by molar-refractivity contribution is 0.0861. The van der Waals surface area contributed by atoms with Gasteiger partial charge in [0.2, 0.25) is 0 Å². The number of hydroxylamine groups is 1. The Morgan fingerprint density at radius 1 is 1.00 bits per heavy atom.